The standard InChI is InChI=1S/C7H14O2/c1-4-6(3)7(8)9-5-2/h6H,4-5H2,1-3H3/t6-/m1/s1. The lowest BCUT2D eigenvalue weighted by molar-refractivity contribution is -0.147. The van der Waals surface area contributed by atoms with E-state index in [0.717, 1.165) is 6.42 Å². The fourth-order valence-electron chi connectivity index (χ4n) is 0.451. The van der Waals surface area contributed by atoms with Crippen LogP contribution in [0.25, 0.3) is 0 Å². The number of ether oxygens (including phenoxy) is 1. The zero-order valence-corrected chi connectivity index (χ0v) is 6.31. The van der Waals surface area contributed by atoms with E-state index < -0.39 is 0 Å². The molecule has 0 N–H and O–H groups in total. The molecule has 0 aliphatic carbocycles. The number of carbonyl (C=O) groups is 1. The Hall–Kier alpha value is -0.530. The van der Waals surface area contributed by atoms with Crippen LogP contribution in [0.15, 0.2) is 0 Å². The Labute approximate surface area is 56.2 Å². The van der Waals surface area contributed by atoms with Gasteiger partial charge in [0.05, 0.1) is 12.5 Å². The Kier molecular flexibility index (Phi) is 4.10. The number of hydrogen-bond donors (Lipinski definition) is 0. The van der Waals surface area contributed by atoms with Gasteiger partial charge < -0.3 is 4.74 Å². The van der Waals surface area contributed by atoms with E-state index in [0.29, 0.717) is 6.61 Å². The minimum atomic E-state index is -0.0833. The van der Waals surface area contributed by atoms with Crippen LogP contribution in [0.4, 0.5) is 0 Å². The van der Waals surface area contributed by atoms with E-state index in [2.05, 4.69) is 0 Å². The molecule has 0 aromatic carbocycles. The fourth-order valence-corrected chi connectivity index (χ4v) is 0.451. The highest BCUT2D eigenvalue weighted by atomic mass is 16.5. The first-order valence-corrected chi connectivity index (χ1v) is 3.39. The molecule has 0 fully saturated rings. The predicted octanol–water partition coefficient (Wildman–Crippen LogP) is 1.60. The summed E-state index contributed by atoms with van der Waals surface area (Å²) in [6.07, 6.45) is 0.860. The summed E-state index contributed by atoms with van der Waals surface area (Å²) >= 11 is 0. The highest BCUT2D eigenvalue weighted by molar-refractivity contribution is 5.71. The third kappa shape index (κ3) is 3.12. The maximum Gasteiger partial charge on any atom is 0.308 e. The highest BCUT2D eigenvalue weighted by Crippen LogP contribution is 2.01. The van der Waals surface area contributed by atoms with Gasteiger partial charge in [0.25, 0.3) is 0 Å². The monoisotopic (exact) mass is 130 g/mol. The second kappa shape index (κ2) is 4.36. The first kappa shape index (κ1) is 8.47. The quantitative estimate of drug-likeness (QED) is 0.542. The normalized spacial score (nSPS) is 12.8. The molecule has 9 heavy (non-hydrogen) atoms. The lowest BCUT2D eigenvalue weighted by Crippen LogP contribution is -2.13. The third-order valence-corrected chi connectivity index (χ3v) is 1.30. The van der Waals surface area contributed by atoms with Crippen molar-refractivity contribution in [1.82, 2.24) is 0 Å². The van der Waals surface area contributed by atoms with Crippen LogP contribution in [0.5, 0.6) is 0 Å². The molecule has 0 aromatic heterocycles. The second-order valence-corrected chi connectivity index (χ2v) is 2.06. The van der Waals surface area contributed by atoms with Gasteiger partial charge in [-0.25, -0.2) is 0 Å². The van der Waals surface area contributed by atoms with Crippen molar-refractivity contribution in [1.29, 1.82) is 0 Å². The molecule has 0 aromatic rings. The highest BCUT2D eigenvalue weighted by Gasteiger charge is 2.09. The van der Waals surface area contributed by atoms with Gasteiger partial charge in [0.15, 0.2) is 0 Å². The second-order valence-electron chi connectivity index (χ2n) is 2.06. The van der Waals surface area contributed by atoms with Crippen molar-refractivity contribution < 1.29 is 9.53 Å². The van der Waals surface area contributed by atoms with Crippen molar-refractivity contribution in [3.05, 3.63) is 0 Å². The van der Waals surface area contributed by atoms with Gasteiger partial charge in [-0.3, -0.25) is 4.79 Å². The Bertz CT molecular complexity index is 88.9. The maximum absolute atomic E-state index is 10.8. The van der Waals surface area contributed by atoms with E-state index in [-0.39, 0.29) is 11.9 Å². The topological polar surface area (TPSA) is 26.3 Å². The summed E-state index contributed by atoms with van der Waals surface area (Å²) < 4.78 is 4.76. The van der Waals surface area contributed by atoms with Crippen molar-refractivity contribution >= 4 is 5.97 Å². The molecule has 0 heterocycles. The van der Waals surface area contributed by atoms with E-state index >= 15 is 0 Å². The molecule has 0 aliphatic heterocycles. The molecular formula is C7H14O2. The first-order chi connectivity index (χ1) is 4.22. The van der Waals surface area contributed by atoms with Crippen LogP contribution >= 0.6 is 0 Å². The third-order valence-electron chi connectivity index (χ3n) is 1.30. The molecule has 0 spiro atoms. The summed E-state index contributed by atoms with van der Waals surface area (Å²) in [6.45, 7) is 6.16. The fraction of sp³-hybridized carbons (Fsp3) is 0.857. The molecule has 0 saturated carbocycles. The van der Waals surface area contributed by atoms with Crippen molar-refractivity contribution in [3.8, 4) is 0 Å². The molecule has 0 aliphatic rings. The molecule has 0 bridgehead atoms. The van der Waals surface area contributed by atoms with Gasteiger partial charge >= 0.3 is 5.97 Å². The minimum Gasteiger partial charge on any atom is -0.466 e. The summed E-state index contributed by atoms with van der Waals surface area (Å²) in [6, 6.07) is 0. The SMILES string of the molecule is CCOC(=O)[C@H](C)CC. The summed E-state index contributed by atoms with van der Waals surface area (Å²) in [4.78, 5) is 10.8. The Balaban J connectivity index is 3.46. The average molecular weight is 130 g/mol. The van der Waals surface area contributed by atoms with Crippen LogP contribution in [-0.2, 0) is 9.53 Å². The van der Waals surface area contributed by atoms with Gasteiger partial charge in [-0.15, -0.1) is 0 Å². The van der Waals surface area contributed by atoms with Crippen molar-refractivity contribution in [2.45, 2.75) is 27.2 Å². The summed E-state index contributed by atoms with van der Waals surface area (Å²) in [7, 11) is 0. The molecule has 0 rings (SSSR count). The zero-order chi connectivity index (χ0) is 7.28. The van der Waals surface area contributed by atoms with Crippen LogP contribution in [0.2, 0.25) is 0 Å². The molecule has 1 atom stereocenters. The number of carbonyl (C=O) groups excluding carboxylic acids is 1. The van der Waals surface area contributed by atoms with Crippen molar-refractivity contribution in [2.24, 2.45) is 5.92 Å². The Morgan fingerprint density at radius 1 is 1.56 bits per heavy atom. The number of hydrogen-bond acceptors (Lipinski definition) is 2. The number of esters is 1. The van der Waals surface area contributed by atoms with Crippen LogP contribution in [-0.4, -0.2) is 12.6 Å². The molecule has 2 heteroatoms. The predicted molar refractivity (Wildman–Crippen MR) is 36.1 cm³/mol. The molecule has 0 amide bonds. The molecule has 54 valence electrons. The van der Waals surface area contributed by atoms with Crippen molar-refractivity contribution in [2.75, 3.05) is 6.61 Å². The molecule has 0 saturated heterocycles. The molecule has 0 radical (unpaired) electrons. The minimum absolute atomic E-state index is 0.0601. The smallest absolute Gasteiger partial charge is 0.308 e. The van der Waals surface area contributed by atoms with Gasteiger partial charge in [-0.05, 0) is 13.3 Å². The summed E-state index contributed by atoms with van der Waals surface area (Å²) in [5.41, 5.74) is 0. The van der Waals surface area contributed by atoms with Crippen molar-refractivity contribution in [3.63, 3.8) is 0 Å². The van der Waals surface area contributed by atoms with Gasteiger partial charge in [-0.1, -0.05) is 13.8 Å². The largest absolute Gasteiger partial charge is 0.466 e. The van der Waals surface area contributed by atoms with Crippen LogP contribution in [0, 0.1) is 5.92 Å². The lowest BCUT2D eigenvalue weighted by atomic mass is 10.1. The van der Waals surface area contributed by atoms with E-state index in [4.69, 9.17) is 4.74 Å². The van der Waals surface area contributed by atoms with Crippen LogP contribution in [0.3, 0.4) is 0 Å². The zero-order valence-electron chi connectivity index (χ0n) is 6.31. The average Bonchev–Trinajstić information content (AvgIpc) is 1.87. The van der Waals surface area contributed by atoms with E-state index in [1.54, 1.807) is 0 Å². The maximum atomic E-state index is 10.8. The summed E-state index contributed by atoms with van der Waals surface area (Å²) in [5, 5.41) is 0. The first-order valence-electron chi connectivity index (χ1n) is 3.39. The Morgan fingerprint density at radius 2 is 2.11 bits per heavy atom. The Morgan fingerprint density at radius 3 is 2.44 bits per heavy atom. The molecule has 2 nitrogen and oxygen atoms in total. The van der Waals surface area contributed by atoms with E-state index in [1.165, 1.54) is 0 Å². The summed E-state index contributed by atoms with van der Waals surface area (Å²) in [5.74, 6) is -0.0232. The van der Waals surface area contributed by atoms with Crippen LogP contribution in [0.1, 0.15) is 27.2 Å². The van der Waals surface area contributed by atoms with Gasteiger partial charge in [0, 0.05) is 0 Å². The van der Waals surface area contributed by atoms with Crippen LogP contribution < -0.4 is 0 Å². The van der Waals surface area contributed by atoms with E-state index in [9.17, 15) is 4.79 Å². The lowest BCUT2D eigenvalue weighted by Gasteiger charge is -2.05. The van der Waals surface area contributed by atoms with Gasteiger partial charge in [-0.2, -0.15) is 0 Å². The number of rotatable bonds is 3. The van der Waals surface area contributed by atoms with Gasteiger partial charge in [0.2, 0.25) is 0 Å². The van der Waals surface area contributed by atoms with Gasteiger partial charge in [0.1, 0.15) is 0 Å². The molecule has 0 unspecified atom stereocenters. The molecular weight excluding hydrogens is 116 g/mol. The van der Waals surface area contributed by atoms with E-state index in [1.807, 2.05) is 20.8 Å².